The first kappa shape index (κ1) is 13.4. The van der Waals surface area contributed by atoms with E-state index < -0.39 is 5.97 Å². The van der Waals surface area contributed by atoms with Gasteiger partial charge in [0.25, 0.3) is 0 Å². The van der Waals surface area contributed by atoms with Crippen LogP contribution in [0, 0.1) is 5.92 Å². The maximum Gasteiger partial charge on any atom is 0.303 e. The number of carboxylic acids is 1. The molecule has 0 unspecified atom stereocenters. The summed E-state index contributed by atoms with van der Waals surface area (Å²) in [5.74, 6) is -0.339. The molecule has 0 aromatic carbocycles. The second-order valence-electron chi connectivity index (χ2n) is 4.76. The van der Waals surface area contributed by atoms with Crippen molar-refractivity contribution in [1.82, 2.24) is 25.1 Å². The fraction of sp³-hybridized carbons (Fsp3) is 0.727. The molecule has 1 aromatic heterocycles. The lowest BCUT2D eigenvalue weighted by molar-refractivity contribution is -0.138. The molecule has 1 aromatic rings. The summed E-state index contributed by atoms with van der Waals surface area (Å²) in [5.41, 5.74) is 0. The van der Waals surface area contributed by atoms with Crippen LogP contribution in [0.1, 0.15) is 25.7 Å². The van der Waals surface area contributed by atoms with Crippen LogP contribution in [0.15, 0.2) is 6.33 Å². The molecule has 1 saturated heterocycles. The van der Waals surface area contributed by atoms with Gasteiger partial charge in [-0.25, -0.2) is 4.68 Å². The number of tetrazole rings is 1. The Morgan fingerprint density at radius 2 is 2.05 bits per heavy atom. The molecule has 2 rings (SSSR count). The Morgan fingerprint density at radius 3 is 2.63 bits per heavy atom. The minimum Gasteiger partial charge on any atom is -0.481 e. The van der Waals surface area contributed by atoms with Crippen molar-refractivity contribution in [3.8, 4) is 0 Å². The third-order valence-electron chi connectivity index (χ3n) is 3.42. The van der Waals surface area contributed by atoms with Gasteiger partial charge in [-0.15, -0.1) is 5.10 Å². The molecule has 1 aliphatic rings. The van der Waals surface area contributed by atoms with Crippen LogP contribution < -0.4 is 0 Å². The van der Waals surface area contributed by atoms with Crippen molar-refractivity contribution in [2.45, 2.75) is 32.2 Å². The van der Waals surface area contributed by atoms with Gasteiger partial charge in [0, 0.05) is 19.5 Å². The number of aliphatic carboxylic acids is 1. The molecule has 104 valence electrons. The Morgan fingerprint density at radius 1 is 1.32 bits per heavy atom. The smallest absolute Gasteiger partial charge is 0.303 e. The minimum atomic E-state index is -0.753. The summed E-state index contributed by atoms with van der Waals surface area (Å²) in [6.45, 7) is 1.53. The number of hydrogen-bond acceptors (Lipinski definition) is 5. The number of rotatable bonds is 5. The summed E-state index contributed by atoms with van der Waals surface area (Å²) < 4.78 is 1.40. The van der Waals surface area contributed by atoms with Crippen molar-refractivity contribution in [2.24, 2.45) is 5.92 Å². The highest BCUT2D eigenvalue weighted by molar-refractivity contribution is 5.75. The quantitative estimate of drug-likeness (QED) is 0.791. The highest BCUT2D eigenvalue weighted by Crippen LogP contribution is 2.21. The highest BCUT2D eigenvalue weighted by Gasteiger charge is 2.23. The number of carbonyl (C=O) groups excluding carboxylic acids is 1. The molecule has 1 aliphatic heterocycles. The number of piperidine rings is 1. The fourth-order valence-corrected chi connectivity index (χ4v) is 2.29. The zero-order valence-corrected chi connectivity index (χ0v) is 10.6. The Hall–Kier alpha value is -1.99. The first-order valence-electron chi connectivity index (χ1n) is 6.35. The predicted octanol–water partition coefficient (Wildman–Crippen LogP) is -0.224. The molecule has 2 heterocycles. The number of carboxylic acid groups (broad SMARTS) is 1. The average Bonchev–Trinajstić information content (AvgIpc) is 2.89. The first-order chi connectivity index (χ1) is 9.15. The van der Waals surface area contributed by atoms with Gasteiger partial charge in [0.2, 0.25) is 5.91 Å². The summed E-state index contributed by atoms with van der Waals surface area (Å²) in [5, 5.41) is 19.3. The van der Waals surface area contributed by atoms with Crippen molar-refractivity contribution in [3.63, 3.8) is 0 Å². The van der Waals surface area contributed by atoms with Crippen LogP contribution in [-0.2, 0) is 16.1 Å². The van der Waals surface area contributed by atoms with E-state index in [0.717, 1.165) is 12.8 Å². The molecule has 1 amide bonds. The summed E-state index contributed by atoms with van der Waals surface area (Å²) in [6.07, 6.45) is 4.06. The zero-order valence-electron chi connectivity index (χ0n) is 10.6. The summed E-state index contributed by atoms with van der Waals surface area (Å²) in [4.78, 5) is 24.3. The first-order valence-corrected chi connectivity index (χ1v) is 6.35. The number of hydrogen-bond donors (Lipinski definition) is 1. The van der Waals surface area contributed by atoms with Crippen LogP contribution >= 0.6 is 0 Å². The SMILES string of the molecule is O=C(O)CCC1CCN(C(=O)Cn2cnnn2)CC1. The molecule has 0 radical (unpaired) electrons. The second kappa shape index (κ2) is 6.26. The van der Waals surface area contributed by atoms with Gasteiger partial charge in [-0.05, 0) is 35.6 Å². The molecular weight excluding hydrogens is 250 g/mol. The lowest BCUT2D eigenvalue weighted by atomic mass is 9.92. The van der Waals surface area contributed by atoms with Crippen LogP contribution in [0.2, 0.25) is 0 Å². The van der Waals surface area contributed by atoms with Crippen LogP contribution in [0.5, 0.6) is 0 Å². The summed E-state index contributed by atoms with van der Waals surface area (Å²) in [7, 11) is 0. The van der Waals surface area contributed by atoms with Crippen LogP contribution in [0.4, 0.5) is 0 Å². The summed E-state index contributed by atoms with van der Waals surface area (Å²) in [6, 6.07) is 0. The van der Waals surface area contributed by atoms with Gasteiger partial charge in [0.15, 0.2) is 0 Å². The van der Waals surface area contributed by atoms with Crippen molar-refractivity contribution in [2.75, 3.05) is 13.1 Å². The van der Waals surface area contributed by atoms with E-state index in [9.17, 15) is 9.59 Å². The van der Waals surface area contributed by atoms with Gasteiger partial charge in [0.05, 0.1) is 0 Å². The monoisotopic (exact) mass is 267 g/mol. The number of likely N-dealkylation sites (tertiary alicyclic amines) is 1. The number of nitrogens with zero attached hydrogens (tertiary/aromatic N) is 5. The van der Waals surface area contributed by atoms with E-state index in [1.165, 1.54) is 11.0 Å². The zero-order chi connectivity index (χ0) is 13.7. The normalized spacial score (nSPS) is 16.5. The van der Waals surface area contributed by atoms with Crippen LogP contribution in [-0.4, -0.2) is 55.2 Å². The topological polar surface area (TPSA) is 101 Å². The van der Waals surface area contributed by atoms with Gasteiger partial charge >= 0.3 is 5.97 Å². The van der Waals surface area contributed by atoms with Crippen molar-refractivity contribution in [3.05, 3.63) is 6.33 Å². The second-order valence-corrected chi connectivity index (χ2v) is 4.76. The standard InChI is InChI=1S/C11H17N5O3/c17-10(7-16-8-12-13-14-16)15-5-3-9(4-6-15)1-2-11(18)19/h8-9H,1-7H2,(H,18,19). The van der Waals surface area contributed by atoms with Crippen molar-refractivity contribution in [1.29, 1.82) is 0 Å². The Labute approximate surface area is 110 Å². The van der Waals surface area contributed by atoms with Gasteiger partial charge in [-0.3, -0.25) is 9.59 Å². The van der Waals surface area contributed by atoms with E-state index in [0.29, 0.717) is 25.4 Å². The molecule has 0 spiro atoms. The van der Waals surface area contributed by atoms with E-state index in [2.05, 4.69) is 15.5 Å². The van der Waals surface area contributed by atoms with E-state index in [1.807, 2.05) is 0 Å². The van der Waals surface area contributed by atoms with Gasteiger partial charge < -0.3 is 10.0 Å². The molecule has 8 nitrogen and oxygen atoms in total. The van der Waals surface area contributed by atoms with E-state index in [1.54, 1.807) is 4.90 Å². The van der Waals surface area contributed by atoms with Crippen molar-refractivity contribution >= 4 is 11.9 Å². The number of amides is 1. The molecule has 19 heavy (non-hydrogen) atoms. The average molecular weight is 267 g/mol. The molecule has 0 bridgehead atoms. The third kappa shape index (κ3) is 4.01. The van der Waals surface area contributed by atoms with Gasteiger partial charge in [-0.1, -0.05) is 0 Å². The van der Waals surface area contributed by atoms with Crippen LogP contribution in [0.3, 0.4) is 0 Å². The predicted molar refractivity (Wildman–Crippen MR) is 64.0 cm³/mol. The molecule has 8 heteroatoms. The largest absolute Gasteiger partial charge is 0.481 e. The molecule has 0 saturated carbocycles. The summed E-state index contributed by atoms with van der Waals surface area (Å²) >= 11 is 0. The molecule has 1 fully saturated rings. The highest BCUT2D eigenvalue weighted by atomic mass is 16.4. The maximum absolute atomic E-state index is 12.0. The Balaban J connectivity index is 1.73. The number of carbonyl (C=O) groups is 2. The van der Waals surface area contributed by atoms with Crippen molar-refractivity contribution < 1.29 is 14.7 Å². The van der Waals surface area contributed by atoms with E-state index >= 15 is 0 Å². The molecule has 0 atom stereocenters. The fourth-order valence-electron chi connectivity index (χ4n) is 2.29. The molecule has 0 aliphatic carbocycles. The third-order valence-corrected chi connectivity index (χ3v) is 3.42. The van der Waals surface area contributed by atoms with Gasteiger partial charge in [-0.2, -0.15) is 0 Å². The van der Waals surface area contributed by atoms with E-state index in [4.69, 9.17) is 5.11 Å². The minimum absolute atomic E-state index is 0.00369. The Bertz CT molecular complexity index is 426. The Kier molecular flexibility index (Phi) is 4.43. The lowest BCUT2D eigenvalue weighted by Gasteiger charge is -2.31. The molecular formula is C11H17N5O3. The number of aromatic nitrogens is 4. The molecule has 1 N–H and O–H groups in total. The maximum atomic E-state index is 12.0. The van der Waals surface area contributed by atoms with E-state index in [-0.39, 0.29) is 18.9 Å². The lowest BCUT2D eigenvalue weighted by Crippen LogP contribution is -2.40. The van der Waals surface area contributed by atoms with Gasteiger partial charge in [0.1, 0.15) is 12.9 Å². The van der Waals surface area contributed by atoms with Crippen LogP contribution in [0.25, 0.3) is 0 Å².